The third-order valence-electron chi connectivity index (χ3n) is 7.62. The molecule has 0 amide bonds. The molecule has 3 aromatic rings. The SMILES string of the molecule is CC(=Nc1c(C(C)C)cccc1C(C)C)N1CCCN(C(=Nc2c(C)cc(C)cc2F)c2c(Cl)c(Cl)c(Cl)c(Cl)c2Cl)C1. The lowest BCUT2D eigenvalue weighted by Crippen LogP contribution is -2.49. The lowest BCUT2D eigenvalue weighted by atomic mass is 9.93. The Morgan fingerprint density at radius 2 is 1.30 bits per heavy atom. The molecule has 1 heterocycles. The van der Waals surface area contributed by atoms with E-state index >= 15 is 4.39 Å². The highest BCUT2D eigenvalue weighted by Gasteiger charge is 2.30. The Morgan fingerprint density at radius 1 is 0.767 bits per heavy atom. The summed E-state index contributed by atoms with van der Waals surface area (Å²) in [6.45, 7) is 16.2. The lowest BCUT2D eigenvalue weighted by Gasteiger charge is -2.39. The van der Waals surface area contributed by atoms with E-state index in [4.69, 9.17) is 68.0 Å². The van der Waals surface area contributed by atoms with Crippen molar-refractivity contribution < 1.29 is 4.39 Å². The molecule has 10 heteroatoms. The van der Waals surface area contributed by atoms with Gasteiger partial charge in [-0.1, -0.05) is 110 Å². The van der Waals surface area contributed by atoms with Crippen LogP contribution in [0.2, 0.25) is 25.1 Å². The summed E-state index contributed by atoms with van der Waals surface area (Å²) in [6, 6.07) is 9.72. The first-order valence-corrected chi connectivity index (χ1v) is 16.2. The summed E-state index contributed by atoms with van der Waals surface area (Å²) in [5, 5.41) is 0.353. The number of halogens is 6. The Bertz CT molecular complexity index is 1520. The van der Waals surface area contributed by atoms with Crippen molar-refractivity contribution in [1.29, 1.82) is 0 Å². The minimum Gasteiger partial charge on any atom is -0.342 e. The third kappa shape index (κ3) is 7.12. The highest BCUT2D eigenvalue weighted by molar-refractivity contribution is 6.56. The second-order valence-electron chi connectivity index (χ2n) is 11.6. The summed E-state index contributed by atoms with van der Waals surface area (Å²) >= 11 is 32.8. The summed E-state index contributed by atoms with van der Waals surface area (Å²) in [5.41, 5.74) is 5.37. The zero-order valence-electron chi connectivity index (χ0n) is 25.4. The van der Waals surface area contributed by atoms with E-state index in [9.17, 15) is 0 Å². The predicted octanol–water partition coefficient (Wildman–Crippen LogP) is 11.7. The molecule has 0 aromatic heterocycles. The molecule has 0 atom stereocenters. The maximum atomic E-state index is 15.3. The van der Waals surface area contributed by atoms with Crippen LogP contribution in [0.5, 0.6) is 0 Å². The van der Waals surface area contributed by atoms with E-state index in [-0.39, 0.29) is 30.8 Å². The van der Waals surface area contributed by atoms with Crippen LogP contribution in [-0.2, 0) is 0 Å². The number of benzene rings is 3. The summed E-state index contributed by atoms with van der Waals surface area (Å²) in [5.74, 6) is 1.40. The van der Waals surface area contributed by atoms with Gasteiger partial charge in [0.1, 0.15) is 23.2 Å². The first kappa shape index (κ1) is 33.9. The molecule has 1 aliphatic rings. The number of hydrogen-bond donors (Lipinski definition) is 0. The van der Waals surface area contributed by atoms with Crippen LogP contribution in [0.1, 0.15) is 80.7 Å². The number of aliphatic imine (C=N–C) groups is 2. The van der Waals surface area contributed by atoms with E-state index in [0.29, 0.717) is 42.0 Å². The number of rotatable bonds is 5. The molecule has 4 rings (SSSR count). The van der Waals surface area contributed by atoms with Gasteiger partial charge in [0.25, 0.3) is 0 Å². The molecule has 0 N–H and O–H groups in total. The van der Waals surface area contributed by atoms with Gasteiger partial charge < -0.3 is 9.80 Å². The maximum Gasteiger partial charge on any atom is 0.149 e. The fourth-order valence-electron chi connectivity index (χ4n) is 5.35. The Hall–Kier alpha value is -2.02. The highest BCUT2D eigenvalue weighted by Crippen LogP contribution is 2.45. The molecule has 230 valence electrons. The summed E-state index contributed by atoms with van der Waals surface area (Å²) in [6.07, 6.45) is 0.786. The summed E-state index contributed by atoms with van der Waals surface area (Å²) in [4.78, 5) is 14.2. The van der Waals surface area contributed by atoms with E-state index in [1.807, 2.05) is 31.7 Å². The van der Waals surface area contributed by atoms with Gasteiger partial charge in [0.15, 0.2) is 0 Å². The number of nitrogens with zero attached hydrogens (tertiary/aromatic N) is 4. The smallest absolute Gasteiger partial charge is 0.149 e. The number of amidine groups is 2. The van der Waals surface area contributed by atoms with Crippen LogP contribution in [0.15, 0.2) is 40.3 Å². The van der Waals surface area contributed by atoms with E-state index < -0.39 is 5.82 Å². The van der Waals surface area contributed by atoms with Gasteiger partial charge >= 0.3 is 0 Å². The van der Waals surface area contributed by atoms with Crippen LogP contribution in [0.4, 0.5) is 15.8 Å². The zero-order chi connectivity index (χ0) is 31.7. The second kappa shape index (κ2) is 14.0. The van der Waals surface area contributed by atoms with E-state index in [1.165, 1.54) is 17.2 Å². The molecule has 3 aromatic carbocycles. The predicted molar refractivity (Wildman–Crippen MR) is 184 cm³/mol. The Labute approximate surface area is 279 Å². The molecule has 1 fully saturated rings. The average molecular weight is 685 g/mol. The van der Waals surface area contributed by atoms with Crippen molar-refractivity contribution in [3.8, 4) is 0 Å². The van der Waals surface area contributed by atoms with E-state index in [2.05, 4.69) is 50.8 Å². The van der Waals surface area contributed by atoms with Crippen molar-refractivity contribution in [3.63, 3.8) is 0 Å². The molecule has 0 radical (unpaired) electrons. The fourth-order valence-corrected chi connectivity index (χ4v) is 6.66. The molecule has 1 aliphatic heterocycles. The Kier molecular flexibility index (Phi) is 11.0. The molecule has 4 nitrogen and oxygen atoms in total. The Morgan fingerprint density at radius 3 is 1.84 bits per heavy atom. The molecule has 0 saturated carbocycles. The topological polar surface area (TPSA) is 31.2 Å². The van der Waals surface area contributed by atoms with Crippen LogP contribution in [0.3, 0.4) is 0 Å². The van der Waals surface area contributed by atoms with Gasteiger partial charge in [-0.3, -0.25) is 0 Å². The minimum atomic E-state index is -0.452. The first-order valence-electron chi connectivity index (χ1n) is 14.3. The van der Waals surface area contributed by atoms with Crippen LogP contribution in [-0.4, -0.2) is 41.2 Å². The van der Waals surface area contributed by atoms with Gasteiger partial charge in [0.05, 0.1) is 43.0 Å². The van der Waals surface area contributed by atoms with Crippen LogP contribution in [0.25, 0.3) is 0 Å². The zero-order valence-corrected chi connectivity index (χ0v) is 29.2. The van der Waals surface area contributed by atoms with Crippen molar-refractivity contribution in [3.05, 3.63) is 89.1 Å². The summed E-state index contributed by atoms with van der Waals surface area (Å²) < 4.78 is 15.3. The van der Waals surface area contributed by atoms with Gasteiger partial charge in [-0.05, 0) is 67.3 Å². The second-order valence-corrected chi connectivity index (χ2v) is 13.5. The van der Waals surface area contributed by atoms with Crippen molar-refractivity contribution in [2.24, 2.45) is 9.98 Å². The quantitative estimate of drug-likeness (QED) is 0.116. The largest absolute Gasteiger partial charge is 0.342 e. The molecular weight excluding hydrogens is 649 g/mol. The monoisotopic (exact) mass is 682 g/mol. The third-order valence-corrected chi connectivity index (χ3v) is 9.90. The normalized spacial score (nSPS) is 14.9. The van der Waals surface area contributed by atoms with Gasteiger partial charge in [0.2, 0.25) is 0 Å². The van der Waals surface area contributed by atoms with Crippen LogP contribution in [0, 0.1) is 19.7 Å². The first-order chi connectivity index (χ1) is 20.2. The van der Waals surface area contributed by atoms with Crippen molar-refractivity contribution in [2.45, 2.75) is 66.7 Å². The standard InChI is InChI=1S/C33H36Cl5FN4/c1-17(2)22-10-8-11-23(18(3)4)32(22)40-21(7)42-12-9-13-43(16-42)33(41-31-20(6)14-19(5)15-24(31)39)25-26(34)28(36)30(38)29(37)27(25)35/h8,10-11,14-15,17-18H,9,12-13,16H2,1-7H3. The molecule has 0 unspecified atom stereocenters. The van der Waals surface area contributed by atoms with Crippen molar-refractivity contribution in [2.75, 3.05) is 19.8 Å². The molecule has 0 spiro atoms. The molecule has 0 bridgehead atoms. The number of aryl methyl sites for hydroxylation is 2. The van der Waals surface area contributed by atoms with Crippen LogP contribution < -0.4 is 0 Å². The number of para-hydroxylation sites is 1. The minimum absolute atomic E-state index is 0.0483. The van der Waals surface area contributed by atoms with Crippen molar-refractivity contribution in [1.82, 2.24) is 9.80 Å². The molecule has 43 heavy (non-hydrogen) atoms. The Balaban J connectivity index is 1.86. The van der Waals surface area contributed by atoms with E-state index in [0.717, 1.165) is 30.1 Å². The van der Waals surface area contributed by atoms with E-state index in [1.54, 1.807) is 0 Å². The molecule has 1 saturated heterocycles. The van der Waals surface area contributed by atoms with Crippen molar-refractivity contribution >= 4 is 81.1 Å². The van der Waals surface area contributed by atoms with Gasteiger partial charge in [0, 0.05) is 13.1 Å². The fraction of sp³-hybridized carbons (Fsp3) is 0.394. The van der Waals surface area contributed by atoms with Crippen LogP contribution >= 0.6 is 58.0 Å². The summed E-state index contributed by atoms with van der Waals surface area (Å²) in [7, 11) is 0. The molecular formula is C33H36Cl5FN4. The average Bonchev–Trinajstić information content (AvgIpc) is 2.95. The number of hydrogen-bond acceptors (Lipinski definition) is 2. The highest BCUT2D eigenvalue weighted by atomic mass is 35.5. The van der Waals surface area contributed by atoms with Gasteiger partial charge in [-0.2, -0.15) is 0 Å². The lowest BCUT2D eigenvalue weighted by molar-refractivity contribution is 0.212. The van der Waals surface area contributed by atoms with Gasteiger partial charge in [-0.25, -0.2) is 14.4 Å². The van der Waals surface area contributed by atoms with Gasteiger partial charge in [-0.15, -0.1) is 0 Å². The maximum absolute atomic E-state index is 15.3. The molecule has 0 aliphatic carbocycles.